The summed E-state index contributed by atoms with van der Waals surface area (Å²) in [5, 5.41) is 10.1. The molecule has 4 nitrogen and oxygen atoms in total. The molecule has 0 aromatic heterocycles. The van der Waals surface area contributed by atoms with Crippen LogP contribution in [0.25, 0.3) is 0 Å². The summed E-state index contributed by atoms with van der Waals surface area (Å²) in [5.41, 5.74) is 1.12. The Morgan fingerprint density at radius 2 is 1.86 bits per heavy atom. The minimum absolute atomic E-state index is 0.214. The molecule has 0 amide bonds. The first-order chi connectivity index (χ1) is 14.1. The van der Waals surface area contributed by atoms with Gasteiger partial charge in [-0.25, -0.2) is 9.18 Å². The van der Waals surface area contributed by atoms with Crippen LogP contribution in [-0.2, 0) is 11.2 Å². The number of benzene rings is 1. The number of ether oxygens (including phenoxy) is 1. The molecule has 1 heterocycles. The Hall–Kier alpha value is -1.95. The molecule has 1 aliphatic heterocycles. The number of allylic oxidation sites excluding steroid dienone is 1. The number of thioether (sulfide) groups is 1. The highest BCUT2D eigenvalue weighted by Crippen LogP contribution is 2.50. The number of halogens is 1. The van der Waals surface area contributed by atoms with Crippen LogP contribution in [0.3, 0.4) is 0 Å². The average Bonchev–Trinajstić information content (AvgIpc) is 3.27. The number of hydrogen-bond donors (Lipinski definition) is 1. The van der Waals surface area contributed by atoms with Gasteiger partial charge in [0.2, 0.25) is 0 Å². The molecule has 0 spiro atoms. The summed E-state index contributed by atoms with van der Waals surface area (Å²) >= 11 is 1.68. The summed E-state index contributed by atoms with van der Waals surface area (Å²) in [5.74, 6) is 3.48. The maximum atomic E-state index is 13.1. The van der Waals surface area contributed by atoms with Gasteiger partial charge >= 0.3 is 6.16 Å². The number of aryl methyl sites for hydroxylation is 1. The van der Waals surface area contributed by atoms with Crippen LogP contribution in [0.1, 0.15) is 37.7 Å². The summed E-state index contributed by atoms with van der Waals surface area (Å²) in [7, 11) is 0. The van der Waals surface area contributed by atoms with Crippen molar-refractivity contribution in [1.82, 2.24) is 4.90 Å². The third-order valence-electron chi connectivity index (χ3n) is 6.51. The van der Waals surface area contributed by atoms with Crippen LogP contribution >= 0.6 is 11.8 Å². The number of carboxylic acid groups (broad SMARTS) is 1. The fourth-order valence-corrected chi connectivity index (χ4v) is 6.19. The first-order valence-corrected chi connectivity index (χ1v) is 11.5. The Morgan fingerprint density at radius 1 is 1.17 bits per heavy atom. The molecular formula is C23H28FNO3S. The highest BCUT2D eigenvalue weighted by Gasteiger charge is 2.42. The van der Waals surface area contributed by atoms with E-state index in [1.165, 1.54) is 37.8 Å². The van der Waals surface area contributed by atoms with Crippen molar-refractivity contribution in [3.05, 3.63) is 58.6 Å². The third-order valence-corrected chi connectivity index (χ3v) is 7.74. The van der Waals surface area contributed by atoms with Crippen LogP contribution in [0.5, 0.6) is 0 Å². The molecule has 4 rings (SSSR count). The van der Waals surface area contributed by atoms with Crippen molar-refractivity contribution in [3.63, 3.8) is 0 Å². The Bertz CT molecular complexity index is 772. The van der Waals surface area contributed by atoms with Crippen LogP contribution < -0.4 is 0 Å². The lowest BCUT2D eigenvalue weighted by atomic mass is 9.97. The van der Waals surface area contributed by atoms with E-state index in [0.29, 0.717) is 5.76 Å². The molecule has 3 aliphatic rings. The molecule has 6 heteroatoms. The van der Waals surface area contributed by atoms with Gasteiger partial charge in [-0.1, -0.05) is 18.2 Å². The van der Waals surface area contributed by atoms with Gasteiger partial charge in [0.15, 0.2) is 5.76 Å². The van der Waals surface area contributed by atoms with E-state index in [1.807, 2.05) is 18.2 Å². The molecule has 29 heavy (non-hydrogen) atoms. The normalized spacial score (nSPS) is 25.7. The van der Waals surface area contributed by atoms with Gasteiger partial charge in [0.05, 0.1) is 0 Å². The molecule has 0 atom stereocenters. The van der Waals surface area contributed by atoms with E-state index in [1.54, 1.807) is 17.8 Å². The molecule has 0 radical (unpaired) electrons. The summed E-state index contributed by atoms with van der Waals surface area (Å²) in [4.78, 5) is 13.5. The monoisotopic (exact) mass is 417 g/mol. The molecule has 2 bridgehead atoms. The maximum Gasteiger partial charge on any atom is 0.511 e. The molecule has 0 unspecified atom stereocenters. The van der Waals surface area contributed by atoms with Gasteiger partial charge in [-0.15, -0.1) is 11.8 Å². The summed E-state index contributed by atoms with van der Waals surface area (Å²) in [6.07, 6.45) is 9.72. The highest BCUT2D eigenvalue weighted by molar-refractivity contribution is 8.03. The van der Waals surface area contributed by atoms with Crippen molar-refractivity contribution in [3.8, 4) is 0 Å². The Morgan fingerprint density at radius 3 is 2.52 bits per heavy atom. The minimum Gasteiger partial charge on any atom is -0.449 e. The predicted molar refractivity (Wildman–Crippen MR) is 113 cm³/mol. The highest BCUT2D eigenvalue weighted by atomic mass is 32.2. The van der Waals surface area contributed by atoms with Gasteiger partial charge in [-0.2, -0.15) is 0 Å². The van der Waals surface area contributed by atoms with E-state index < -0.39 is 6.16 Å². The zero-order chi connectivity index (χ0) is 20.2. The number of nitrogens with zero attached hydrogens (tertiary/aromatic N) is 1. The molecule has 0 saturated heterocycles. The fraction of sp³-hybridized carbons (Fsp3) is 0.522. The molecule has 1 aromatic carbocycles. The number of carbonyl (C=O) groups is 1. The third kappa shape index (κ3) is 4.97. The lowest BCUT2D eigenvalue weighted by Crippen LogP contribution is -2.33. The second-order valence-corrected chi connectivity index (χ2v) is 9.35. The summed E-state index contributed by atoms with van der Waals surface area (Å²) in [6.45, 7) is 1.80. The topological polar surface area (TPSA) is 49.8 Å². The van der Waals surface area contributed by atoms with Crippen LogP contribution in [0.4, 0.5) is 9.18 Å². The summed E-state index contributed by atoms with van der Waals surface area (Å²) < 4.78 is 18.2. The van der Waals surface area contributed by atoms with E-state index >= 15 is 0 Å². The number of hydrogen-bond acceptors (Lipinski definition) is 4. The lowest BCUT2D eigenvalue weighted by Gasteiger charge is -2.33. The van der Waals surface area contributed by atoms with Crippen LogP contribution in [0.15, 0.2) is 47.2 Å². The SMILES string of the molecule is O=C(O)OC1=C(SCCCc2ccc(F)cc2)N(CC2C3CCC2CC3)CC=C1. The van der Waals surface area contributed by atoms with Crippen molar-refractivity contribution in [2.75, 3.05) is 18.8 Å². The zero-order valence-electron chi connectivity index (χ0n) is 16.6. The van der Waals surface area contributed by atoms with E-state index in [-0.39, 0.29) is 5.82 Å². The van der Waals surface area contributed by atoms with Crippen LogP contribution in [0, 0.1) is 23.6 Å². The number of fused-ring (bicyclic) bond motifs is 2. The smallest absolute Gasteiger partial charge is 0.449 e. The van der Waals surface area contributed by atoms with E-state index in [2.05, 4.69) is 4.90 Å². The second-order valence-electron chi connectivity index (χ2n) is 8.26. The first kappa shape index (κ1) is 20.3. The molecular weight excluding hydrogens is 389 g/mol. The van der Waals surface area contributed by atoms with Gasteiger partial charge in [-0.3, -0.25) is 0 Å². The molecule has 2 aliphatic carbocycles. The van der Waals surface area contributed by atoms with Crippen LogP contribution in [0.2, 0.25) is 0 Å². The lowest BCUT2D eigenvalue weighted by molar-refractivity contribution is 0.118. The molecule has 2 saturated carbocycles. The van der Waals surface area contributed by atoms with Crippen molar-refractivity contribution in [2.24, 2.45) is 17.8 Å². The van der Waals surface area contributed by atoms with Gasteiger partial charge in [0.25, 0.3) is 0 Å². The second kappa shape index (κ2) is 9.24. The van der Waals surface area contributed by atoms with Crippen molar-refractivity contribution in [1.29, 1.82) is 0 Å². The van der Waals surface area contributed by atoms with Crippen molar-refractivity contribution >= 4 is 17.9 Å². The summed E-state index contributed by atoms with van der Waals surface area (Å²) in [6, 6.07) is 6.63. The largest absolute Gasteiger partial charge is 0.511 e. The van der Waals surface area contributed by atoms with Gasteiger partial charge in [0.1, 0.15) is 10.8 Å². The van der Waals surface area contributed by atoms with E-state index in [9.17, 15) is 9.18 Å². The first-order valence-electron chi connectivity index (χ1n) is 10.5. The Labute approximate surface area is 175 Å². The quantitative estimate of drug-likeness (QED) is 0.437. The van der Waals surface area contributed by atoms with Gasteiger partial charge in [0, 0.05) is 13.1 Å². The Kier molecular flexibility index (Phi) is 6.48. The molecule has 1 aromatic rings. The van der Waals surface area contributed by atoms with Gasteiger partial charge < -0.3 is 14.7 Å². The predicted octanol–water partition coefficient (Wildman–Crippen LogP) is 5.66. The van der Waals surface area contributed by atoms with Crippen molar-refractivity contribution in [2.45, 2.75) is 38.5 Å². The van der Waals surface area contributed by atoms with Crippen molar-refractivity contribution < 1.29 is 19.0 Å². The average molecular weight is 418 g/mol. The minimum atomic E-state index is -1.27. The van der Waals surface area contributed by atoms with E-state index in [0.717, 1.165) is 60.0 Å². The van der Waals surface area contributed by atoms with Crippen LogP contribution in [-0.4, -0.2) is 35.0 Å². The zero-order valence-corrected chi connectivity index (χ0v) is 17.4. The van der Waals surface area contributed by atoms with Gasteiger partial charge in [-0.05, 0) is 85.8 Å². The standard InChI is InChI=1S/C23H28FNO3S/c24-19-11-5-16(6-12-19)3-2-14-29-22-21(28-23(26)27)4-1-13-25(22)15-20-17-7-8-18(20)10-9-17/h1,4-6,11-12,17-18,20H,2-3,7-10,13-15H2,(H,26,27). The Balaban J connectivity index is 1.39. The molecule has 156 valence electrons. The maximum absolute atomic E-state index is 13.1. The number of rotatable bonds is 8. The van der Waals surface area contributed by atoms with E-state index in [4.69, 9.17) is 9.84 Å². The molecule has 1 N–H and O–H groups in total. The fourth-order valence-electron chi connectivity index (χ4n) is 5.12. The molecule has 2 fully saturated rings.